The molecule has 0 aliphatic carbocycles. The highest BCUT2D eigenvalue weighted by molar-refractivity contribution is 6.32. The van der Waals surface area contributed by atoms with E-state index < -0.39 is 17.8 Å². The number of ketones is 1. The molecule has 6 nitrogen and oxygen atoms in total. The lowest BCUT2D eigenvalue weighted by molar-refractivity contribution is -0.137. The minimum Gasteiger partial charge on any atom is -0.351 e. The van der Waals surface area contributed by atoms with Gasteiger partial charge in [-0.2, -0.15) is 13.2 Å². The fourth-order valence-electron chi connectivity index (χ4n) is 6.48. The average molecular weight is 568 g/mol. The quantitative estimate of drug-likeness (QED) is 0.492. The highest BCUT2D eigenvalue weighted by Crippen LogP contribution is 2.42. The number of Topliss-reactive ketones (excluding diaryl/α,β-unsaturated/α-hetero) is 1. The summed E-state index contributed by atoms with van der Waals surface area (Å²) in [5.41, 5.74) is 6.48. The summed E-state index contributed by atoms with van der Waals surface area (Å²) in [6.45, 7) is 8.92. The summed E-state index contributed by atoms with van der Waals surface area (Å²) in [4.78, 5) is 33.8. The van der Waals surface area contributed by atoms with Crippen molar-refractivity contribution in [1.29, 1.82) is 0 Å². The van der Waals surface area contributed by atoms with Gasteiger partial charge in [0.05, 0.1) is 17.3 Å². The lowest BCUT2D eigenvalue weighted by Crippen LogP contribution is -2.43. The maximum Gasteiger partial charge on any atom is 0.416 e. The summed E-state index contributed by atoms with van der Waals surface area (Å²) in [6.07, 6.45) is 0.727. The van der Waals surface area contributed by atoms with Crippen molar-refractivity contribution in [3.63, 3.8) is 0 Å². The highest BCUT2D eigenvalue weighted by atomic mass is 19.4. The molecule has 3 atom stereocenters. The number of hydrogen-bond donors (Lipinski definition) is 1. The number of carbonyl (C=O) groups excluding carboxylic acids is 2. The number of primary amides is 1. The Balaban J connectivity index is 1.60. The van der Waals surface area contributed by atoms with Crippen molar-refractivity contribution >= 4 is 25.1 Å². The van der Waals surface area contributed by atoms with Gasteiger partial charge < -0.3 is 10.6 Å². The van der Waals surface area contributed by atoms with Gasteiger partial charge in [0.15, 0.2) is 0 Å². The molecule has 2 amide bonds. The fourth-order valence-corrected chi connectivity index (χ4v) is 6.48. The monoisotopic (exact) mass is 568 g/mol. The molecule has 2 fully saturated rings. The summed E-state index contributed by atoms with van der Waals surface area (Å²) in [6, 6.07) is 8.10. The molecule has 41 heavy (non-hydrogen) atoms. The number of carbonyl (C=O) groups is 2. The van der Waals surface area contributed by atoms with Crippen LogP contribution in [0.2, 0.25) is 0 Å². The molecular formula is C31H40BF3N4O2. The number of alkyl halides is 3. The zero-order chi connectivity index (χ0) is 29.9. The maximum absolute atomic E-state index is 13.8. The van der Waals surface area contributed by atoms with E-state index in [1.54, 1.807) is 17.2 Å². The number of likely N-dealkylation sites (tertiary alicyclic amines) is 2. The van der Waals surface area contributed by atoms with E-state index in [2.05, 4.69) is 30.7 Å². The molecule has 2 radical (unpaired) electrons. The molecule has 2 saturated heterocycles. The van der Waals surface area contributed by atoms with Crippen LogP contribution in [0, 0.1) is 23.2 Å². The second-order valence-corrected chi connectivity index (χ2v) is 12.7. The van der Waals surface area contributed by atoms with E-state index in [9.17, 15) is 22.8 Å². The summed E-state index contributed by atoms with van der Waals surface area (Å²) in [5.74, 6) is 0.411. The van der Waals surface area contributed by atoms with Gasteiger partial charge in [0.25, 0.3) is 0 Å². The number of nitrogens with two attached hydrogens (primary N) is 1. The minimum absolute atomic E-state index is 0.0361. The number of amides is 2. The molecule has 3 heterocycles. The lowest BCUT2D eigenvalue weighted by Gasteiger charge is -2.40. The number of piperidine rings is 1. The molecule has 2 aromatic rings. The summed E-state index contributed by atoms with van der Waals surface area (Å²) < 4.78 is 40.0. The largest absolute Gasteiger partial charge is 0.416 e. The first-order chi connectivity index (χ1) is 19.2. The van der Waals surface area contributed by atoms with Crippen molar-refractivity contribution in [2.75, 3.05) is 26.2 Å². The van der Waals surface area contributed by atoms with E-state index in [1.807, 2.05) is 6.07 Å². The van der Waals surface area contributed by atoms with Gasteiger partial charge >= 0.3 is 12.2 Å². The smallest absolute Gasteiger partial charge is 0.351 e. The van der Waals surface area contributed by atoms with Gasteiger partial charge in [0.1, 0.15) is 13.6 Å². The molecule has 0 bridgehead atoms. The molecule has 1 aromatic heterocycles. The van der Waals surface area contributed by atoms with Gasteiger partial charge in [-0.3, -0.25) is 14.7 Å². The van der Waals surface area contributed by atoms with Crippen molar-refractivity contribution < 1.29 is 22.8 Å². The third-order valence-corrected chi connectivity index (χ3v) is 8.83. The van der Waals surface area contributed by atoms with Crippen LogP contribution < -0.4 is 11.2 Å². The van der Waals surface area contributed by atoms with Gasteiger partial charge in [0, 0.05) is 38.2 Å². The molecule has 1 aromatic carbocycles. The van der Waals surface area contributed by atoms with Gasteiger partial charge in [0.2, 0.25) is 0 Å². The van der Waals surface area contributed by atoms with E-state index in [1.165, 1.54) is 12.1 Å². The molecule has 4 rings (SSSR count). The second kappa shape index (κ2) is 12.6. The number of nitrogens with zero attached hydrogens (tertiary/aromatic N) is 3. The van der Waals surface area contributed by atoms with Crippen LogP contribution in [0.3, 0.4) is 0 Å². The number of hydrogen-bond acceptors (Lipinski definition) is 4. The van der Waals surface area contributed by atoms with Crippen LogP contribution in [0.5, 0.6) is 0 Å². The number of pyridine rings is 1. The number of halogens is 3. The lowest BCUT2D eigenvalue weighted by atomic mass is 9.69. The normalized spacial score (nSPS) is 22.2. The first-order valence-electron chi connectivity index (χ1n) is 14.4. The van der Waals surface area contributed by atoms with Crippen molar-refractivity contribution in [2.24, 2.45) is 28.9 Å². The Morgan fingerprint density at radius 3 is 2.22 bits per heavy atom. The van der Waals surface area contributed by atoms with Crippen molar-refractivity contribution in [2.45, 2.75) is 65.1 Å². The first kappa shape index (κ1) is 31.1. The van der Waals surface area contributed by atoms with E-state index in [-0.39, 0.29) is 35.0 Å². The predicted octanol–water partition coefficient (Wildman–Crippen LogP) is 5.11. The first-order valence-corrected chi connectivity index (χ1v) is 14.4. The zero-order valence-corrected chi connectivity index (χ0v) is 24.2. The van der Waals surface area contributed by atoms with Crippen LogP contribution in [0.1, 0.15) is 75.7 Å². The van der Waals surface area contributed by atoms with Crippen molar-refractivity contribution in [1.82, 2.24) is 14.8 Å². The number of benzene rings is 1. The molecule has 10 heteroatoms. The summed E-state index contributed by atoms with van der Waals surface area (Å²) in [7, 11) is 5.90. The number of urea groups is 1. The average Bonchev–Trinajstić information content (AvgIpc) is 3.14. The molecule has 0 spiro atoms. The van der Waals surface area contributed by atoms with Gasteiger partial charge in [-0.05, 0) is 73.2 Å². The Labute approximate surface area is 242 Å². The molecule has 2 aliphatic rings. The SMILES string of the molecule is [B]c1ccc(C(c2ccc(C(F)(F)F)cc2)N2CCCC(C(=O)CC3CCN(C(N)=O)CC3)[C@@H](C(C)(C)C)C2)nc1. The molecular weight excluding hydrogens is 528 g/mol. The second-order valence-electron chi connectivity index (χ2n) is 12.7. The van der Waals surface area contributed by atoms with E-state index in [4.69, 9.17) is 13.6 Å². The van der Waals surface area contributed by atoms with Crippen LogP contribution in [0.4, 0.5) is 18.0 Å². The Morgan fingerprint density at radius 2 is 1.68 bits per heavy atom. The Hall–Kier alpha value is -2.88. The number of aromatic nitrogens is 1. The van der Waals surface area contributed by atoms with Crippen LogP contribution in [0.15, 0.2) is 42.6 Å². The summed E-state index contributed by atoms with van der Waals surface area (Å²) >= 11 is 0. The van der Waals surface area contributed by atoms with Gasteiger partial charge in [-0.15, -0.1) is 0 Å². The number of rotatable bonds is 6. The Morgan fingerprint density at radius 1 is 1.02 bits per heavy atom. The zero-order valence-electron chi connectivity index (χ0n) is 24.2. The minimum atomic E-state index is -4.42. The molecule has 2 aliphatic heterocycles. The molecule has 2 unspecified atom stereocenters. The Bertz CT molecular complexity index is 1190. The third-order valence-electron chi connectivity index (χ3n) is 8.83. The van der Waals surface area contributed by atoms with Gasteiger partial charge in [-0.25, -0.2) is 4.79 Å². The van der Waals surface area contributed by atoms with Gasteiger partial charge in [-0.1, -0.05) is 44.4 Å². The van der Waals surface area contributed by atoms with E-state index in [0.717, 1.165) is 37.8 Å². The highest BCUT2D eigenvalue weighted by Gasteiger charge is 2.41. The molecule has 0 saturated carbocycles. The van der Waals surface area contributed by atoms with Crippen LogP contribution in [-0.4, -0.2) is 60.6 Å². The van der Waals surface area contributed by atoms with E-state index in [0.29, 0.717) is 49.3 Å². The van der Waals surface area contributed by atoms with Crippen LogP contribution in [0.25, 0.3) is 0 Å². The molecule has 220 valence electrons. The molecule has 2 N–H and O–H groups in total. The van der Waals surface area contributed by atoms with Crippen LogP contribution in [-0.2, 0) is 11.0 Å². The summed E-state index contributed by atoms with van der Waals surface area (Å²) in [5, 5.41) is 0. The standard InChI is InChI=1S/C31H40BF3N4O2/c1-30(2,3)25-19-39(14-4-5-24(25)27(40)17-20-12-15-38(16-13-20)29(36)41)28(26-11-10-23(32)18-37-26)21-6-8-22(9-7-21)31(33,34)35/h6-11,18,20,24-25,28H,4-5,12-17,19H2,1-3H3,(H2,36,41)/t24?,25-,28?/m0/s1. The van der Waals surface area contributed by atoms with E-state index >= 15 is 0 Å². The third kappa shape index (κ3) is 7.70. The topological polar surface area (TPSA) is 79.5 Å². The predicted molar refractivity (Wildman–Crippen MR) is 154 cm³/mol. The van der Waals surface area contributed by atoms with Crippen molar-refractivity contribution in [3.05, 3.63) is 59.4 Å². The van der Waals surface area contributed by atoms with Crippen molar-refractivity contribution in [3.8, 4) is 0 Å². The fraction of sp³-hybridized carbons (Fsp3) is 0.581. The van der Waals surface area contributed by atoms with Crippen LogP contribution >= 0.6 is 0 Å². The maximum atomic E-state index is 13.8. The Kier molecular flexibility index (Phi) is 9.51.